The van der Waals surface area contributed by atoms with Crippen LogP contribution >= 0.6 is 0 Å². The van der Waals surface area contributed by atoms with Crippen LogP contribution in [0.4, 0.5) is 21.9 Å². The van der Waals surface area contributed by atoms with Crippen LogP contribution in [0.15, 0.2) is 84.9 Å². The molecule has 0 atom stereocenters. The lowest BCUT2D eigenvalue weighted by Crippen LogP contribution is -2.19. The molecule has 0 saturated heterocycles. The third-order valence-electron chi connectivity index (χ3n) is 4.44. The van der Waals surface area contributed by atoms with Crippen LogP contribution in [0, 0.1) is 0 Å². The van der Waals surface area contributed by atoms with Crippen LogP contribution in [0.5, 0.6) is 0 Å². The number of benzene rings is 3. The molecule has 0 unspecified atom stereocenters. The van der Waals surface area contributed by atoms with Crippen molar-refractivity contribution in [2.45, 2.75) is 0 Å². The van der Waals surface area contributed by atoms with Crippen molar-refractivity contribution in [2.75, 3.05) is 16.0 Å². The van der Waals surface area contributed by atoms with E-state index in [1.165, 1.54) is 6.08 Å². The second kappa shape index (κ2) is 7.82. The number of nitrogens with one attached hydrogen (secondary N) is 3. The second-order valence-electron chi connectivity index (χ2n) is 6.44. The van der Waals surface area contributed by atoms with E-state index in [-0.39, 0.29) is 17.7 Å². The number of amides is 3. The van der Waals surface area contributed by atoms with Gasteiger partial charge in [-0.3, -0.25) is 9.59 Å². The Kier molecular flexibility index (Phi) is 4.90. The summed E-state index contributed by atoms with van der Waals surface area (Å²) in [5.74, 6) is -0.581. The summed E-state index contributed by atoms with van der Waals surface area (Å²) in [6, 6.07) is 22.4. The summed E-state index contributed by atoms with van der Waals surface area (Å²) in [6.07, 6.45) is 1.34. The number of carbonyl (C=O) groups excluding carboxylic acids is 3. The Labute approximate surface area is 167 Å². The van der Waals surface area contributed by atoms with E-state index >= 15 is 0 Å². The van der Waals surface area contributed by atoms with Gasteiger partial charge in [0.05, 0.1) is 5.57 Å². The minimum atomic E-state index is -0.378. The second-order valence-corrected chi connectivity index (χ2v) is 6.44. The number of ketones is 1. The Balaban J connectivity index is 1.45. The molecule has 142 valence electrons. The molecular weight excluding hydrogens is 366 g/mol. The molecule has 1 aliphatic rings. The maximum atomic E-state index is 12.6. The van der Waals surface area contributed by atoms with E-state index in [1.807, 2.05) is 30.3 Å². The SMILES string of the molecule is O=C(Nc1ccccc1)Nc1ccc(C(=O)/C=C2/C(=O)Nc3ccccc32)cc1. The normalized spacial score (nSPS) is 13.5. The van der Waals surface area contributed by atoms with Gasteiger partial charge in [-0.25, -0.2) is 4.79 Å². The van der Waals surface area contributed by atoms with Crippen molar-refractivity contribution in [3.63, 3.8) is 0 Å². The number of para-hydroxylation sites is 2. The van der Waals surface area contributed by atoms with E-state index in [1.54, 1.807) is 48.5 Å². The number of hydrogen-bond acceptors (Lipinski definition) is 3. The molecule has 6 nitrogen and oxygen atoms in total. The fourth-order valence-electron chi connectivity index (χ4n) is 3.03. The highest BCUT2D eigenvalue weighted by atomic mass is 16.2. The van der Waals surface area contributed by atoms with Crippen LogP contribution in [0.1, 0.15) is 15.9 Å². The maximum Gasteiger partial charge on any atom is 0.323 e. The van der Waals surface area contributed by atoms with Gasteiger partial charge in [-0.1, -0.05) is 36.4 Å². The van der Waals surface area contributed by atoms with Crippen LogP contribution < -0.4 is 16.0 Å². The van der Waals surface area contributed by atoms with Gasteiger partial charge in [0.1, 0.15) is 0 Å². The Morgan fingerprint density at radius 2 is 1.38 bits per heavy atom. The van der Waals surface area contributed by atoms with E-state index in [2.05, 4.69) is 16.0 Å². The molecule has 0 aliphatic carbocycles. The van der Waals surface area contributed by atoms with E-state index < -0.39 is 0 Å². The highest BCUT2D eigenvalue weighted by Gasteiger charge is 2.24. The first-order valence-electron chi connectivity index (χ1n) is 9.00. The summed E-state index contributed by atoms with van der Waals surface area (Å²) in [6.45, 7) is 0. The Morgan fingerprint density at radius 1 is 0.759 bits per heavy atom. The van der Waals surface area contributed by atoms with Crippen molar-refractivity contribution in [1.82, 2.24) is 0 Å². The van der Waals surface area contributed by atoms with Crippen LogP contribution in [-0.2, 0) is 4.79 Å². The zero-order valence-corrected chi connectivity index (χ0v) is 15.3. The van der Waals surface area contributed by atoms with E-state index in [9.17, 15) is 14.4 Å². The fraction of sp³-hybridized carbons (Fsp3) is 0. The molecule has 1 heterocycles. The van der Waals surface area contributed by atoms with Crippen molar-refractivity contribution in [1.29, 1.82) is 0 Å². The van der Waals surface area contributed by atoms with Crippen molar-refractivity contribution in [3.8, 4) is 0 Å². The largest absolute Gasteiger partial charge is 0.323 e. The van der Waals surface area contributed by atoms with Gasteiger partial charge in [0, 0.05) is 28.2 Å². The molecule has 0 aromatic heterocycles. The highest BCUT2D eigenvalue weighted by Crippen LogP contribution is 2.31. The number of carbonyl (C=O) groups is 3. The van der Waals surface area contributed by atoms with Crippen molar-refractivity contribution in [2.24, 2.45) is 0 Å². The molecule has 3 N–H and O–H groups in total. The molecule has 3 aromatic rings. The number of rotatable bonds is 4. The van der Waals surface area contributed by atoms with Gasteiger partial charge >= 0.3 is 6.03 Å². The zero-order valence-electron chi connectivity index (χ0n) is 15.3. The van der Waals surface area contributed by atoms with Crippen LogP contribution in [0.25, 0.3) is 5.57 Å². The summed E-state index contributed by atoms with van der Waals surface area (Å²) in [5.41, 5.74) is 3.39. The highest BCUT2D eigenvalue weighted by molar-refractivity contribution is 6.35. The summed E-state index contributed by atoms with van der Waals surface area (Å²) in [7, 11) is 0. The number of hydrogen-bond donors (Lipinski definition) is 3. The van der Waals surface area contributed by atoms with Crippen molar-refractivity contribution >= 4 is 40.4 Å². The van der Waals surface area contributed by atoms with Crippen molar-refractivity contribution in [3.05, 3.63) is 96.1 Å². The lowest BCUT2D eigenvalue weighted by Gasteiger charge is -2.08. The summed E-state index contributed by atoms with van der Waals surface area (Å²) in [4.78, 5) is 36.8. The molecule has 0 spiro atoms. The predicted octanol–water partition coefficient (Wildman–Crippen LogP) is 4.55. The van der Waals surface area contributed by atoms with Crippen molar-refractivity contribution < 1.29 is 14.4 Å². The molecule has 3 amide bonds. The van der Waals surface area contributed by atoms with Crippen LogP contribution in [0.3, 0.4) is 0 Å². The van der Waals surface area contributed by atoms with E-state index in [4.69, 9.17) is 0 Å². The van der Waals surface area contributed by atoms with Crippen LogP contribution in [0.2, 0.25) is 0 Å². The average molecular weight is 383 g/mol. The first-order valence-corrected chi connectivity index (χ1v) is 9.00. The maximum absolute atomic E-state index is 12.6. The van der Waals surface area contributed by atoms with Gasteiger partial charge in [0.15, 0.2) is 5.78 Å². The minimum Gasteiger partial charge on any atom is -0.321 e. The van der Waals surface area contributed by atoms with E-state index in [0.717, 1.165) is 0 Å². The zero-order chi connectivity index (χ0) is 20.2. The third-order valence-corrected chi connectivity index (χ3v) is 4.44. The first kappa shape index (κ1) is 18.2. The molecule has 1 aliphatic heterocycles. The predicted molar refractivity (Wildman–Crippen MR) is 113 cm³/mol. The molecule has 3 aromatic carbocycles. The lowest BCUT2D eigenvalue weighted by molar-refractivity contribution is -0.110. The summed E-state index contributed by atoms with van der Waals surface area (Å²) >= 11 is 0. The Bertz CT molecular complexity index is 1120. The molecule has 0 radical (unpaired) electrons. The minimum absolute atomic E-state index is 0.285. The van der Waals surface area contributed by atoms with Gasteiger partial charge in [0.2, 0.25) is 0 Å². The van der Waals surface area contributed by atoms with Gasteiger partial charge < -0.3 is 16.0 Å². The summed E-state index contributed by atoms with van der Waals surface area (Å²) in [5, 5.41) is 8.17. The number of fused-ring (bicyclic) bond motifs is 1. The smallest absolute Gasteiger partial charge is 0.321 e. The molecule has 29 heavy (non-hydrogen) atoms. The standard InChI is InChI=1S/C23H17N3O3/c27-21(14-19-18-8-4-5-9-20(18)26-22(19)28)15-10-12-17(13-11-15)25-23(29)24-16-6-2-1-3-7-16/h1-14H,(H,26,28)(H2,24,25,29)/b19-14+. The van der Waals surface area contributed by atoms with Crippen LogP contribution in [-0.4, -0.2) is 17.7 Å². The molecule has 0 fully saturated rings. The topological polar surface area (TPSA) is 87.3 Å². The van der Waals surface area contributed by atoms with Gasteiger partial charge in [-0.05, 0) is 48.5 Å². The monoisotopic (exact) mass is 383 g/mol. The quantitative estimate of drug-likeness (QED) is 0.456. The van der Waals surface area contributed by atoms with Gasteiger partial charge in [0.25, 0.3) is 5.91 Å². The molecular formula is C23H17N3O3. The third kappa shape index (κ3) is 4.06. The van der Waals surface area contributed by atoms with Gasteiger partial charge in [-0.15, -0.1) is 0 Å². The number of allylic oxidation sites excluding steroid dienone is 1. The molecule has 0 saturated carbocycles. The van der Waals surface area contributed by atoms with Gasteiger partial charge in [-0.2, -0.15) is 0 Å². The molecule has 4 rings (SSSR count). The first-order chi connectivity index (χ1) is 14.1. The Hall–Kier alpha value is -4.19. The van der Waals surface area contributed by atoms with E-state index in [0.29, 0.717) is 33.8 Å². The number of urea groups is 1. The Morgan fingerprint density at radius 3 is 2.10 bits per heavy atom. The molecule has 0 bridgehead atoms. The summed E-state index contributed by atoms with van der Waals surface area (Å²) < 4.78 is 0. The number of anilines is 3. The average Bonchev–Trinajstić information content (AvgIpc) is 3.04. The fourth-order valence-corrected chi connectivity index (χ4v) is 3.03. The lowest BCUT2D eigenvalue weighted by atomic mass is 10.0. The molecule has 6 heteroatoms.